The quantitative estimate of drug-likeness (QED) is 0.814. The van der Waals surface area contributed by atoms with Crippen molar-refractivity contribution in [2.24, 2.45) is 0 Å². The molecule has 0 unspecified atom stereocenters. The van der Waals surface area contributed by atoms with E-state index < -0.39 is 37.2 Å². The molecular weight excluding hydrogens is 350 g/mol. The van der Waals surface area contributed by atoms with Gasteiger partial charge < -0.3 is 0 Å². The summed E-state index contributed by atoms with van der Waals surface area (Å²) in [4.78, 5) is 22.4. The maximum absolute atomic E-state index is 12.6. The summed E-state index contributed by atoms with van der Waals surface area (Å²) in [5, 5.41) is 1.20. The number of sulfone groups is 1. The number of carbonyl (C=O) groups excluding carboxylic acids is 2. The highest BCUT2D eigenvalue weighted by Crippen LogP contribution is 2.26. The summed E-state index contributed by atoms with van der Waals surface area (Å²) in [6.07, 6.45) is 0. The van der Waals surface area contributed by atoms with Crippen LogP contribution >= 0.6 is 11.3 Å². The average Bonchev–Trinajstić information content (AvgIpc) is 3.03. The molecule has 0 radical (unpaired) electrons. The second-order valence-corrected chi connectivity index (χ2v) is 7.00. The molecule has 1 heterocycles. The number of hydrogen-bond acceptors (Lipinski definition) is 5. The zero-order chi connectivity index (χ0) is 17.0. The second-order valence-electron chi connectivity index (χ2n) is 4.19. The molecule has 0 saturated carbocycles. The number of hydrogen-bond donors (Lipinski definition) is 2. The first-order chi connectivity index (χ1) is 10.8. The Morgan fingerprint density at radius 3 is 2.22 bits per heavy atom. The third-order valence-corrected chi connectivity index (χ3v) is 5.17. The Morgan fingerprint density at radius 2 is 1.61 bits per heavy atom. The summed E-state index contributed by atoms with van der Waals surface area (Å²) < 4.78 is 48.1. The number of thiophene rings is 1. The molecule has 0 atom stereocenters. The molecule has 2 aromatic rings. The number of halogens is 2. The minimum absolute atomic E-state index is 0.263. The first kappa shape index (κ1) is 17.0. The van der Waals surface area contributed by atoms with Crippen LogP contribution in [0.15, 0.2) is 46.7 Å². The van der Waals surface area contributed by atoms with Crippen LogP contribution in [0.1, 0.15) is 20.0 Å². The van der Waals surface area contributed by atoms with Gasteiger partial charge in [0.1, 0.15) is 4.88 Å². The molecule has 0 bridgehead atoms. The number of carbonyl (C=O) groups is 2. The summed E-state index contributed by atoms with van der Waals surface area (Å²) in [7, 11) is -4.90. The Hall–Kier alpha value is -2.33. The van der Waals surface area contributed by atoms with E-state index in [1.807, 2.05) is 5.43 Å². The van der Waals surface area contributed by atoms with Gasteiger partial charge in [-0.1, -0.05) is 18.2 Å². The second kappa shape index (κ2) is 6.84. The summed E-state index contributed by atoms with van der Waals surface area (Å²) in [6, 6.07) is 8.84. The van der Waals surface area contributed by atoms with Gasteiger partial charge in [0.15, 0.2) is 0 Å². The lowest BCUT2D eigenvalue weighted by Gasteiger charge is -2.08. The Labute approximate surface area is 134 Å². The van der Waals surface area contributed by atoms with Crippen LogP contribution < -0.4 is 10.9 Å². The molecule has 10 heteroatoms. The molecular formula is C13H10F2N2O4S2. The molecule has 0 aliphatic carbocycles. The van der Waals surface area contributed by atoms with Crippen LogP contribution in [0.5, 0.6) is 0 Å². The van der Waals surface area contributed by atoms with Gasteiger partial charge in [0.05, 0.1) is 4.90 Å². The fourth-order valence-corrected chi connectivity index (χ4v) is 3.68. The molecule has 1 aromatic heterocycles. The topological polar surface area (TPSA) is 92.3 Å². The van der Waals surface area contributed by atoms with Gasteiger partial charge in [0, 0.05) is 5.56 Å². The van der Waals surface area contributed by atoms with Crippen LogP contribution in [0, 0.1) is 0 Å². The fraction of sp³-hybridized carbons (Fsp3) is 0.0769. The van der Waals surface area contributed by atoms with E-state index in [4.69, 9.17) is 0 Å². The molecule has 2 rings (SSSR count). The lowest BCUT2D eigenvalue weighted by atomic mass is 10.2. The first-order valence-electron chi connectivity index (χ1n) is 6.09. The fourth-order valence-electron chi connectivity index (χ4n) is 1.62. The standard InChI is InChI=1S/C13H10F2N2O4S2/c14-13(15)23(20,21)9-6-7-22-10(9)12(19)17-16-11(18)8-4-2-1-3-5-8/h1-7,13H,(H,16,18)(H,17,19). The van der Waals surface area contributed by atoms with Crippen LogP contribution in [0.2, 0.25) is 0 Å². The summed E-state index contributed by atoms with van der Waals surface area (Å²) in [5.74, 6) is -5.26. The van der Waals surface area contributed by atoms with Gasteiger partial charge in [-0.25, -0.2) is 8.42 Å². The Bertz CT molecular complexity index is 820. The van der Waals surface area contributed by atoms with Crippen LogP contribution in [0.3, 0.4) is 0 Å². The normalized spacial score (nSPS) is 11.3. The van der Waals surface area contributed by atoms with Crippen molar-refractivity contribution in [3.8, 4) is 0 Å². The number of alkyl halides is 2. The van der Waals surface area contributed by atoms with E-state index in [2.05, 4.69) is 5.43 Å². The van der Waals surface area contributed by atoms with Crippen LogP contribution in [0.25, 0.3) is 0 Å². The third-order valence-electron chi connectivity index (χ3n) is 2.70. The van der Waals surface area contributed by atoms with E-state index in [0.29, 0.717) is 11.3 Å². The number of rotatable bonds is 4. The van der Waals surface area contributed by atoms with E-state index >= 15 is 0 Å². The average molecular weight is 360 g/mol. The number of nitrogens with one attached hydrogen (secondary N) is 2. The molecule has 6 nitrogen and oxygen atoms in total. The number of amides is 2. The summed E-state index contributed by atoms with van der Waals surface area (Å²) >= 11 is 0.674. The lowest BCUT2D eigenvalue weighted by Crippen LogP contribution is -2.41. The summed E-state index contributed by atoms with van der Waals surface area (Å²) in [6.45, 7) is 0. The first-order valence-corrected chi connectivity index (χ1v) is 8.52. The van der Waals surface area contributed by atoms with Gasteiger partial charge in [-0.3, -0.25) is 20.4 Å². The lowest BCUT2D eigenvalue weighted by molar-refractivity contribution is 0.0847. The van der Waals surface area contributed by atoms with E-state index in [1.54, 1.807) is 18.2 Å². The molecule has 0 aliphatic heterocycles. The molecule has 0 saturated heterocycles. The van der Waals surface area contributed by atoms with E-state index in [9.17, 15) is 26.8 Å². The van der Waals surface area contributed by atoms with Gasteiger partial charge in [-0.05, 0) is 23.6 Å². The molecule has 122 valence electrons. The Kier molecular flexibility index (Phi) is 5.06. The summed E-state index contributed by atoms with van der Waals surface area (Å²) in [5.41, 5.74) is 4.34. The van der Waals surface area contributed by atoms with Crippen LogP contribution in [0.4, 0.5) is 8.78 Å². The van der Waals surface area contributed by atoms with Crippen LogP contribution in [-0.4, -0.2) is 26.0 Å². The van der Waals surface area contributed by atoms with Gasteiger partial charge in [-0.15, -0.1) is 11.3 Å². The van der Waals surface area contributed by atoms with Crippen molar-refractivity contribution in [3.63, 3.8) is 0 Å². The molecule has 23 heavy (non-hydrogen) atoms. The molecule has 1 aromatic carbocycles. The zero-order valence-corrected chi connectivity index (χ0v) is 13.0. The maximum Gasteiger partial charge on any atom is 0.341 e. The van der Waals surface area contributed by atoms with E-state index in [1.165, 1.54) is 17.5 Å². The third kappa shape index (κ3) is 3.71. The van der Waals surface area contributed by atoms with Gasteiger partial charge >= 0.3 is 5.76 Å². The molecule has 0 fully saturated rings. The van der Waals surface area contributed by atoms with E-state index in [0.717, 1.165) is 6.07 Å². The highest BCUT2D eigenvalue weighted by Gasteiger charge is 2.32. The van der Waals surface area contributed by atoms with Gasteiger partial charge in [-0.2, -0.15) is 8.78 Å². The Morgan fingerprint density at radius 1 is 1.00 bits per heavy atom. The largest absolute Gasteiger partial charge is 0.341 e. The highest BCUT2D eigenvalue weighted by atomic mass is 32.2. The van der Waals surface area contributed by atoms with Crippen molar-refractivity contribution in [1.29, 1.82) is 0 Å². The maximum atomic E-state index is 12.6. The SMILES string of the molecule is O=C(NNC(=O)c1sccc1S(=O)(=O)C(F)F)c1ccccc1. The molecule has 2 N–H and O–H groups in total. The van der Waals surface area contributed by atoms with Gasteiger partial charge in [0.2, 0.25) is 9.84 Å². The van der Waals surface area contributed by atoms with Crippen molar-refractivity contribution >= 4 is 33.0 Å². The predicted octanol–water partition coefficient (Wildman–Crippen LogP) is 1.82. The molecule has 0 aliphatic rings. The van der Waals surface area contributed by atoms with Gasteiger partial charge in [0.25, 0.3) is 11.8 Å². The predicted molar refractivity (Wildman–Crippen MR) is 78.9 cm³/mol. The smallest absolute Gasteiger partial charge is 0.267 e. The van der Waals surface area contributed by atoms with Crippen molar-refractivity contribution in [1.82, 2.24) is 10.9 Å². The highest BCUT2D eigenvalue weighted by molar-refractivity contribution is 7.92. The van der Waals surface area contributed by atoms with Crippen molar-refractivity contribution in [3.05, 3.63) is 52.2 Å². The van der Waals surface area contributed by atoms with E-state index in [-0.39, 0.29) is 5.56 Å². The molecule has 2 amide bonds. The number of hydrazine groups is 1. The number of benzene rings is 1. The van der Waals surface area contributed by atoms with Crippen molar-refractivity contribution < 1.29 is 26.8 Å². The zero-order valence-electron chi connectivity index (χ0n) is 11.3. The minimum Gasteiger partial charge on any atom is -0.267 e. The van der Waals surface area contributed by atoms with Crippen molar-refractivity contribution in [2.75, 3.05) is 0 Å². The van der Waals surface area contributed by atoms with Crippen LogP contribution in [-0.2, 0) is 9.84 Å². The molecule has 0 spiro atoms. The Balaban J connectivity index is 2.11. The monoisotopic (exact) mass is 360 g/mol. The van der Waals surface area contributed by atoms with Crippen molar-refractivity contribution in [2.45, 2.75) is 10.7 Å². The minimum atomic E-state index is -4.90.